The van der Waals surface area contributed by atoms with Crippen molar-refractivity contribution in [1.29, 1.82) is 0 Å². The topological polar surface area (TPSA) is 77.2 Å². The van der Waals surface area contributed by atoms with Crippen molar-refractivity contribution in [3.63, 3.8) is 0 Å². The maximum atomic E-state index is 11.9. The molecule has 25 heavy (non-hydrogen) atoms. The highest BCUT2D eigenvalue weighted by Gasteiger charge is 2.05. The number of benzene rings is 1. The first-order valence-electron chi connectivity index (χ1n) is 8.03. The van der Waals surface area contributed by atoms with Gasteiger partial charge in [-0.2, -0.15) is 0 Å². The van der Waals surface area contributed by atoms with Crippen LogP contribution >= 0.6 is 0 Å². The normalized spacial score (nSPS) is 10.4. The average Bonchev–Trinajstić information content (AvgIpc) is 3.14. The molecule has 1 amide bonds. The van der Waals surface area contributed by atoms with E-state index in [0.29, 0.717) is 36.9 Å². The molecule has 1 aromatic carbocycles. The van der Waals surface area contributed by atoms with Crippen LogP contribution in [0.15, 0.2) is 59.2 Å². The molecule has 0 atom stereocenters. The number of carbonyl (C=O) groups excluding carboxylic acids is 1. The van der Waals surface area contributed by atoms with Gasteiger partial charge in [0.25, 0.3) is 0 Å². The van der Waals surface area contributed by atoms with Gasteiger partial charge < -0.3 is 14.5 Å². The number of hydrogen-bond acceptors (Lipinski definition) is 5. The molecule has 6 heteroatoms. The Kier molecular flexibility index (Phi) is 5.41. The first-order valence-corrected chi connectivity index (χ1v) is 8.03. The van der Waals surface area contributed by atoms with Crippen LogP contribution in [0.5, 0.6) is 5.88 Å². The number of carbonyl (C=O) groups is 1. The summed E-state index contributed by atoms with van der Waals surface area (Å²) in [6.45, 7) is 2.74. The zero-order valence-corrected chi connectivity index (χ0v) is 13.9. The lowest BCUT2D eigenvalue weighted by atomic mass is 10.1. The first-order chi connectivity index (χ1) is 12.2. The number of nitrogens with one attached hydrogen (secondary N) is 1. The van der Waals surface area contributed by atoms with E-state index in [1.54, 1.807) is 24.5 Å². The number of ether oxygens (including phenoxy) is 1. The molecule has 0 aliphatic heterocycles. The Morgan fingerprint density at radius 2 is 2.08 bits per heavy atom. The van der Waals surface area contributed by atoms with Gasteiger partial charge in [-0.05, 0) is 30.7 Å². The highest BCUT2D eigenvalue weighted by Crippen LogP contribution is 2.17. The Hall–Kier alpha value is -3.15. The Morgan fingerprint density at radius 3 is 2.80 bits per heavy atom. The minimum Gasteiger partial charge on any atom is -0.475 e. The van der Waals surface area contributed by atoms with Crippen LogP contribution in [0, 0.1) is 6.92 Å². The molecule has 0 fully saturated rings. The molecule has 0 saturated carbocycles. The Labute approximate surface area is 145 Å². The van der Waals surface area contributed by atoms with Crippen molar-refractivity contribution in [2.75, 3.05) is 13.2 Å². The summed E-state index contributed by atoms with van der Waals surface area (Å²) in [6.07, 6.45) is 1.94. The van der Waals surface area contributed by atoms with Gasteiger partial charge in [-0.25, -0.2) is 0 Å². The smallest absolute Gasteiger partial charge is 0.233 e. The standard InChI is InChI=1S/C19H19N3O3/c1-14-4-2-5-15(12-14)13-18(23)20-9-11-25-19-8-7-16(21-22-19)17-6-3-10-24-17/h2-8,10,12H,9,11,13H2,1H3,(H,20,23). The Morgan fingerprint density at radius 1 is 1.16 bits per heavy atom. The van der Waals surface area contributed by atoms with Gasteiger partial charge in [0.2, 0.25) is 11.8 Å². The quantitative estimate of drug-likeness (QED) is 0.671. The van der Waals surface area contributed by atoms with E-state index in [2.05, 4.69) is 15.5 Å². The fraction of sp³-hybridized carbons (Fsp3) is 0.211. The number of aryl methyl sites for hydroxylation is 1. The van der Waals surface area contributed by atoms with E-state index in [4.69, 9.17) is 9.15 Å². The molecule has 1 N–H and O–H groups in total. The van der Waals surface area contributed by atoms with Gasteiger partial charge in [-0.3, -0.25) is 4.79 Å². The number of rotatable bonds is 7. The maximum absolute atomic E-state index is 11.9. The van der Waals surface area contributed by atoms with Gasteiger partial charge in [0, 0.05) is 6.07 Å². The van der Waals surface area contributed by atoms with Crippen LogP contribution < -0.4 is 10.1 Å². The Bertz CT molecular complexity index is 814. The van der Waals surface area contributed by atoms with Gasteiger partial charge >= 0.3 is 0 Å². The van der Waals surface area contributed by atoms with E-state index in [1.807, 2.05) is 37.3 Å². The SMILES string of the molecule is Cc1cccc(CC(=O)NCCOc2ccc(-c3ccco3)nn2)c1. The molecule has 0 saturated heterocycles. The monoisotopic (exact) mass is 337 g/mol. The van der Waals surface area contributed by atoms with Gasteiger partial charge in [0.05, 0.1) is 19.2 Å². The fourth-order valence-electron chi connectivity index (χ4n) is 2.37. The zero-order valence-electron chi connectivity index (χ0n) is 13.9. The van der Waals surface area contributed by atoms with Crippen LogP contribution in [0.3, 0.4) is 0 Å². The summed E-state index contributed by atoms with van der Waals surface area (Å²) >= 11 is 0. The zero-order chi connectivity index (χ0) is 17.5. The highest BCUT2D eigenvalue weighted by atomic mass is 16.5. The van der Waals surface area contributed by atoms with Crippen LogP contribution in [0.25, 0.3) is 11.5 Å². The lowest BCUT2D eigenvalue weighted by molar-refractivity contribution is -0.120. The number of amides is 1. The second-order valence-electron chi connectivity index (χ2n) is 5.60. The molecule has 0 aliphatic rings. The first kappa shape index (κ1) is 16.7. The van der Waals surface area contributed by atoms with Crippen molar-refractivity contribution >= 4 is 5.91 Å². The lowest BCUT2D eigenvalue weighted by Crippen LogP contribution is -2.29. The third kappa shape index (κ3) is 4.91. The third-order valence-electron chi connectivity index (χ3n) is 3.54. The molecule has 0 radical (unpaired) electrons. The molecule has 3 aromatic rings. The van der Waals surface area contributed by atoms with Crippen LogP contribution in [0.4, 0.5) is 0 Å². The molecule has 0 bridgehead atoms. The van der Waals surface area contributed by atoms with E-state index in [9.17, 15) is 4.79 Å². The molecule has 2 heterocycles. The van der Waals surface area contributed by atoms with Crippen molar-refractivity contribution in [2.45, 2.75) is 13.3 Å². The summed E-state index contributed by atoms with van der Waals surface area (Å²) in [5.74, 6) is 1.03. The summed E-state index contributed by atoms with van der Waals surface area (Å²) in [7, 11) is 0. The second-order valence-corrected chi connectivity index (χ2v) is 5.60. The summed E-state index contributed by atoms with van der Waals surface area (Å²) in [6, 6.07) is 15.0. The molecule has 0 spiro atoms. The summed E-state index contributed by atoms with van der Waals surface area (Å²) < 4.78 is 10.7. The lowest BCUT2D eigenvalue weighted by Gasteiger charge is -2.07. The minimum absolute atomic E-state index is 0.0338. The number of nitrogens with zero attached hydrogens (tertiary/aromatic N) is 2. The predicted molar refractivity (Wildman–Crippen MR) is 93.1 cm³/mol. The molecule has 128 valence electrons. The van der Waals surface area contributed by atoms with Gasteiger partial charge in [0.15, 0.2) is 5.76 Å². The number of aromatic nitrogens is 2. The number of hydrogen-bond donors (Lipinski definition) is 1. The van der Waals surface area contributed by atoms with E-state index in [0.717, 1.165) is 11.1 Å². The largest absolute Gasteiger partial charge is 0.475 e. The average molecular weight is 337 g/mol. The molecule has 6 nitrogen and oxygen atoms in total. The van der Waals surface area contributed by atoms with Crippen LogP contribution in [0.1, 0.15) is 11.1 Å². The number of furan rings is 1. The minimum atomic E-state index is -0.0338. The van der Waals surface area contributed by atoms with Crippen molar-refractivity contribution < 1.29 is 13.9 Å². The van der Waals surface area contributed by atoms with E-state index < -0.39 is 0 Å². The van der Waals surface area contributed by atoms with Crippen molar-refractivity contribution in [3.8, 4) is 17.3 Å². The molecule has 0 unspecified atom stereocenters. The Balaban J connectivity index is 1.40. The van der Waals surface area contributed by atoms with E-state index in [1.165, 1.54) is 0 Å². The third-order valence-corrected chi connectivity index (χ3v) is 3.54. The van der Waals surface area contributed by atoms with Crippen molar-refractivity contribution in [2.24, 2.45) is 0 Å². The van der Waals surface area contributed by atoms with Crippen LogP contribution in [0.2, 0.25) is 0 Å². The molecular weight excluding hydrogens is 318 g/mol. The fourth-order valence-corrected chi connectivity index (χ4v) is 2.37. The van der Waals surface area contributed by atoms with Crippen LogP contribution in [-0.4, -0.2) is 29.3 Å². The summed E-state index contributed by atoms with van der Waals surface area (Å²) in [4.78, 5) is 11.9. The highest BCUT2D eigenvalue weighted by molar-refractivity contribution is 5.78. The molecule has 0 aliphatic carbocycles. The predicted octanol–water partition coefficient (Wildman–Crippen LogP) is 2.78. The van der Waals surface area contributed by atoms with Gasteiger partial charge in [-0.15, -0.1) is 10.2 Å². The second kappa shape index (κ2) is 8.10. The summed E-state index contributed by atoms with van der Waals surface area (Å²) in [5, 5.41) is 10.9. The molecular formula is C19H19N3O3. The molecule has 3 rings (SSSR count). The van der Waals surface area contributed by atoms with E-state index >= 15 is 0 Å². The van der Waals surface area contributed by atoms with Crippen molar-refractivity contribution in [1.82, 2.24) is 15.5 Å². The van der Waals surface area contributed by atoms with Gasteiger partial charge in [0.1, 0.15) is 12.3 Å². The maximum Gasteiger partial charge on any atom is 0.233 e. The summed E-state index contributed by atoms with van der Waals surface area (Å²) in [5.41, 5.74) is 2.78. The van der Waals surface area contributed by atoms with Gasteiger partial charge in [-0.1, -0.05) is 29.8 Å². The van der Waals surface area contributed by atoms with Crippen LogP contribution in [-0.2, 0) is 11.2 Å². The van der Waals surface area contributed by atoms with E-state index in [-0.39, 0.29) is 5.91 Å². The molecule has 2 aromatic heterocycles. The van der Waals surface area contributed by atoms with Crippen molar-refractivity contribution in [3.05, 3.63) is 65.9 Å².